The molecule has 0 amide bonds. The number of halogens is 1. The summed E-state index contributed by atoms with van der Waals surface area (Å²) in [7, 11) is 2.07. The molecule has 1 atom stereocenters. The highest BCUT2D eigenvalue weighted by atomic mass is 35.5. The van der Waals surface area contributed by atoms with Crippen LogP contribution in [0, 0.1) is 0 Å². The Hall–Kier alpha value is -1.42. The minimum atomic E-state index is 0.182. The normalized spacial score (nSPS) is 12.6. The van der Waals surface area contributed by atoms with Crippen LogP contribution in [-0.2, 0) is 6.54 Å². The summed E-state index contributed by atoms with van der Waals surface area (Å²) >= 11 is 6.01. The maximum atomic E-state index is 6.01. The van der Waals surface area contributed by atoms with Crippen molar-refractivity contribution in [3.63, 3.8) is 0 Å². The molecule has 1 aromatic carbocycles. The fourth-order valence-electron chi connectivity index (χ4n) is 2.19. The van der Waals surface area contributed by atoms with Crippen LogP contribution in [0.1, 0.15) is 17.2 Å². The van der Waals surface area contributed by atoms with Crippen LogP contribution in [0.3, 0.4) is 0 Å². The molecule has 0 aliphatic rings. The third kappa shape index (κ3) is 3.77. The van der Waals surface area contributed by atoms with E-state index in [4.69, 9.17) is 17.3 Å². The van der Waals surface area contributed by atoms with E-state index in [1.165, 1.54) is 11.1 Å². The molecule has 1 heterocycles. The highest BCUT2D eigenvalue weighted by Gasteiger charge is 2.15. The van der Waals surface area contributed by atoms with Gasteiger partial charge in [-0.25, -0.2) is 0 Å². The van der Waals surface area contributed by atoms with Crippen molar-refractivity contribution in [1.82, 2.24) is 9.88 Å². The fourth-order valence-corrected chi connectivity index (χ4v) is 2.40. The van der Waals surface area contributed by atoms with E-state index < -0.39 is 0 Å². The number of benzene rings is 1. The zero-order valence-corrected chi connectivity index (χ0v) is 11.7. The van der Waals surface area contributed by atoms with E-state index in [2.05, 4.69) is 23.0 Å². The molecule has 0 saturated heterocycles. The molecular formula is C15H18ClN3. The van der Waals surface area contributed by atoms with Gasteiger partial charge in [-0.3, -0.25) is 9.88 Å². The van der Waals surface area contributed by atoms with E-state index in [0.29, 0.717) is 6.54 Å². The average Bonchev–Trinajstić information content (AvgIpc) is 2.41. The molecule has 0 aliphatic heterocycles. The largest absolute Gasteiger partial charge is 0.329 e. The first-order chi connectivity index (χ1) is 9.20. The summed E-state index contributed by atoms with van der Waals surface area (Å²) in [6.07, 6.45) is 3.59. The van der Waals surface area contributed by atoms with Crippen LogP contribution >= 0.6 is 11.6 Å². The van der Waals surface area contributed by atoms with Crippen molar-refractivity contribution in [3.05, 3.63) is 64.9 Å². The van der Waals surface area contributed by atoms with Gasteiger partial charge in [0.25, 0.3) is 0 Å². The van der Waals surface area contributed by atoms with Gasteiger partial charge in [-0.2, -0.15) is 0 Å². The Morgan fingerprint density at radius 2 is 2.00 bits per heavy atom. The zero-order valence-electron chi connectivity index (χ0n) is 11.0. The molecule has 2 aromatic rings. The van der Waals surface area contributed by atoms with E-state index in [9.17, 15) is 0 Å². The second kappa shape index (κ2) is 6.66. The number of hydrogen-bond acceptors (Lipinski definition) is 3. The first-order valence-corrected chi connectivity index (χ1v) is 6.63. The topological polar surface area (TPSA) is 42.1 Å². The van der Waals surface area contributed by atoms with Gasteiger partial charge < -0.3 is 5.73 Å². The molecule has 0 bridgehead atoms. The lowest BCUT2D eigenvalue weighted by atomic mass is 10.1. The van der Waals surface area contributed by atoms with Gasteiger partial charge in [-0.05, 0) is 42.4 Å². The molecule has 2 N–H and O–H groups in total. The van der Waals surface area contributed by atoms with Crippen LogP contribution in [0.15, 0.2) is 48.8 Å². The lowest BCUT2D eigenvalue weighted by Gasteiger charge is -2.27. The maximum absolute atomic E-state index is 6.01. The third-order valence-electron chi connectivity index (χ3n) is 3.17. The molecule has 1 aromatic heterocycles. The van der Waals surface area contributed by atoms with Crippen LogP contribution in [-0.4, -0.2) is 23.5 Å². The van der Waals surface area contributed by atoms with Gasteiger partial charge in [0.15, 0.2) is 0 Å². The summed E-state index contributed by atoms with van der Waals surface area (Å²) in [5.74, 6) is 0. The number of aromatic nitrogens is 1. The Morgan fingerprint density at radius 1 is 1.26 bits per heavy atom. The van der Waals surface area contributed by atoms with Gasteiger partial charge in [0, 0.05) is 36.5 Å². The number of hydrogen-bond donors (Lipinski definition) is 1. The summed E-state index contributed by atoms with van der Waals surface area (Å²) in [4.78, 5) is 6.26. The lowest BCUT2D eigenvalue weighted by Crippen LogP contribution is -2.30. The molecule has 0 aliphatic carbocycles. The minimum Gasteiger partial charge on any atom is -0.329 e. The van der Waals surface area contributed by atoms with Crippen LogP contribution in [0.25, 0.3) is 0 Å². The number of pyridine rings is 1. The number of likely N-dealkylation sites (N-methyl/N-ethyl adjacent to an activating group) is 1. The molecule has 0 radical (unpaired) electrons. The Kier molecular flexibility index (Phi) is 4.91. The number of rotatable bonds is 5. The van der Waals surface area contributed by atoms with E-state index in [1.54, 1.807) is 12.4 Å². The van der Waals surface area contributed by atoms with Crippen molar-refractivity contribution >= 4 is 11.6 Å². The Balaban J connectivity index is 2.11. The Bertz CT molecular complexity index is 516. The van der Waals surface area contributed by atoms with Crippen molar-refractivity contribution in [2.45, 2.75) is 12.6 Å². The second-order valence-electron chi connectivity index (χ2n) is 4.58. The van der Waals surface area contributed by atoms with Gasteiger partial charge >= 0.3 is 0 Å². The van der Waals surface area contributed by atoms with Gasteiger partial charge in [-0.1, -0.05) is 23.7 Å². The second-order valence-corrected chi connectivity index (χ2v) is 5.01. The standard InChI is InChI=1S/C15H18ClN3/c1-19(11-12-3-2-4-14(16)9-12)15(10-17)13-5-7-18-8-6-13/h2-9,15H,10-11,17H2,1H3. The van der Waals surface area contributed by atoms with Crippen molar-refractivity contribution in [2.24, 2.45) is 5.73 Å². The van der Waals surface area contributed by atoms with Crippen LogP contribution < -0.4 is 5.73 Å². The van der Waals surface area contributed by atoms with Crippen molar-refractivity contribution in [2.75, 3.05) is 13.6 Å². The molecule has 2 rings (SSSR count). The average molecular weight is 276 g/mol. The van der Waals surface area contributed by atoms with E-state index in [-0.39, 0.29) is 6.04 Å². The Labute approximate surface area is 119 Å². The quantitative estimate of drug-likeness (QED) is 0.912. The molecule has 0 saturated carbocycles. The third-order valence-corrected chi connectivity index (χ3v) is 3.40. The maximum Gasteiger partial charge on any atom is 0.0472 e. The van der Waals surface area contributed by atoms with E-state index >= 15 is 0 Å². The summed E-state index contributed by atoms with van der Waals surface area (Å²) in [6.45, 7) is 1.38. The first-order valence-electron chi connectivity index (χ1n) is 6.25. The van der Waals surface area contributed by atoms with Crippen LogP contribution in [0.5, 0.6) is 0 Å². The molecule has 0 spiro atoms. The Morgan fingerprint density at radius 3 is 2.63 bits per heavy atom. The summed E-state index contributed by atoms with van der Waals surface area (Å²) < 4.78 is 0. The van der Waals surface area contributed by atoms with Crippen molar-refractivity contribution < 1.29 is 0 Å². The van der Waals surface area contributed by atoms with Gasteiger partial charge in [0.05, 0.1) is 0 Å². The smallest absolute Gasteiger partial charge is 0.0472 e. The van der Waals surface area contributed by atoms with Crippen LogP contribution in [0.4, 0.5) is 0 Å². The minimum absolute atomic E-state index is 0.182. The molecule has 19 heavy (non-hydrogen) atoms. The summed E-state index contributed by atoms with van der Waals surface area (Å²) in [5, 5.41) is 0.763. The van der Waals surface area contributed by atoms with Gasteiger partial charge in [-0.15, -0.1) is 0 Å². The van der Waals surface area contributed by atoms with Crippen molar-refractivity contribution in [3.8, 4) is 0 Å². The zero-order chi connectivity index (χ0) is 13.7. The van der Waals surface area contributed by atoms with E-state index in [1.807, 2.05) is 30.3 Å². The van der Waals surface area contributed by atoms with Gasteiger partial charge in [0.1, 0.15) is 0 Å². The SMILES string of the molecule is CN(Cc1cccc(Cl)c1)C(CN)c1ccncc1. The monoisotopic (exact) mass is 275 g/mol. The predicted molar refractivity (Wildman–Crippen MR) is 79.0 cm³/mol. The first kappa shape index (κ1) is 14.0. The number of nitrogens with zero attached hydrogens (tertiary/aromatic N) is 2. The number of nitrogens with two attached hydrogens (primary N) is 1. The molecule has 0 fully saturated rings. The van der Waals surface area contributed by atoms with Crippen LogP contribution in [0.2, 0.25) is 5.02 Å². The molecule has 3 nitrogen and oxygen atoms in total. The summed E-state index contributed by atoms with van der Waals surface area (Å²) in [6, 6.07) is 12.1. The molecular weight excluding hydrogens is 258 g/mol. The lowest BCUT2D eigenvalue weighted by molar-refractivity contribution is 0.241. The molecule has 4 heteroatoms. The molecule has 100 valence electrons. The van der Waals surface area contributed by atoms with Gasteiger partial charge in [0.2, 0.25) is 0 Å². The predicted octanol–water partition coefficient (Wildman–Crippen LogP) is 2.87. The highest BCUT2D eigenvalue weighted by Crippen LogP contribution is 2.20. The van der Waals surface area contributed by atoms with Crippen molar-refractivity contribution in [1.29, 1.82) is 0 Å². The fraction of sp³-hybridized carbons (Fsp3) is 0.267. The summed E-state index contributed by atoms with van der Waals surface area (Å²) in [5.41, 5.74) is 8.27. The van der Waals surface area contributed by atoms with E-state index in [0.717, 1.165) is 11.6 Å². The highest BCUT2D eigenvalue weighted by molar-refractivity contribution is 6.30. The molecule has 1 unspecified atom stereocenters.